The molecular formula is C19H25NO4S. The van der Waals surface area contributed by atoms with Gasteiger partial charge in [0, 0.05) is 19.0 Å². The molecule has 1 saturated heterocycles. The van der Waals surface area contributed by atoms with Crippen LogP contribution in [0, 0.1) is 5.92 Å². The molecule has 1 aromatic rings. The molecule has 1 fully saturated rings. The van der Waals surface area contributed by atoms with Crippen molar-refractivity contribution in [2.45, 2.75) is 42.2 Å². The van der Waals surface area contributed by atoms with Crippen LogP contribution in [0.3, 0.4) is 0 Å². The lowest BCUT2D eigenvalue weighted by Crippen LogP contribution is -2.45. The van der Waals surface area contributed by atoms with Crippen LogP contribution in [-0.2, 0) is 14.6 Å². The molecule has 3 rings (SSSR count). The molecule has 136 valence electrons. The lowest BCUT2D eigenvalue weighted by Gasteiger charge is -2.34. The lowest BCUT2D eigenvalue weighted by molar-refractivity contribution is -0.136. The molecule has 2 aliphatic rings. The average Bonchev–Trinajstić information content (AvgIpc) is 2.68. The Hall–Kier alpha value is -1.82. The average molecular weight is 363 g/mol. The zero-order chi connectivity index (χ0) is 17.9. The van der Waals surface area contributed by atoms with Crippen LogP contribution in [0.15, 0.2) is 41.3 Å². The fourth-order valence-corrected chi connectivity index (χ4v) is 5.35. The molecule has 6 heteroatoms. The predicted molar refractivity (Wildman–Crippen MR) is 96.3 cm³/mol. The molecule has 1 aliphatic heterocycles. The van der Waals surface area contributed by atoms with Gasteiger partial charge in [0.05, 0.1) is 17.3 Å². The third-order valence-electron chi connectivity index (χ3n) is 5.20. The van der Waals surface area contributed by atoms with Gasteiger partial charge < -0.3 is 9.64 Å². The number of nitrogens with zero attached hydrogens (tertiary/aromatic N) is 1. The van der Waals surface area contributed by atoms with E-state index >= 15 is 0 Å². The zero-order valence-corrected chi connectivity index (χ0v) is 15.4. The van der Waals surface area contributed by atoms with E-state index in [1.807, 2.05) is 4.90 Å². The summed E-state index contributed by atoms with van der Waals surface area (Å²) in [6.45, 7) is 1.05. The molecule has 0 spiro atoms. The largest absolute Gasteiger partial charge is 0.497 e. The van der Waals surface area contributed by atoms with Gasteiger partial charge in [0.15, 0.2) is 9.84 Å². The van der Waals surface area contributed by atoms with Gasteiger partial charge in [-0.15, -0.1) is 0 Å². The van der Waals surface area contributed by atoms with Gasteiger partial charge in [-0.2, -0.15) is 0 Å². The second kappa shape index (κ2) is 7.60. The maximum absolute atomic E-state index is 12.8. The topological polar surface area (TPSA) is 63.7 Å². The van der Waals surface area contributed by atoms with Crippen LogP contribution in [0.4, 0.5) is 0 Å². The summed E-state index contributed by atoms with van der Waals surface area (Å²) >= 11 is 0. The Morgan fingerprint density at radius 2 is 1.76 bits per heavy atom. The molecule has 0 radical (unpaired) electrons. The molecule has 1 aromatic carbocycles. The van der Waals surface area contributed by atoms with E-state index in [1.54, 1.807) is 31.4 Å². The smallest absolute Gasteiger partial charge is 0.226 e. The first-order valence-corrected chi connectivity index (χ1v) is 10.4. The fourth-order valence-electron chi connectivity index (χ4n) is 3.62. The quantitative estimate of drug-likeness (QED) is 0.772. The van der Waals surface area contributed by atoms with Crippen LogP contribution < -0.4 is 4.74 Å². The van der Waals surface area contributed by atoms with Crippen molar-refractivity contribution in [3.05, 3.63) is 36.4 Å². The van der Waals surface area contributed by atoms with Gasteiger partial charge in [0.25, 0.3) is 0 Å². The molecule has 5 nitrogen and oxygen atoms in total. The van der Waals surface area contributed by atoms with Crippen molar-refractivity contribution in [2.24, 2.45) is 5.92 Å². The molecule has 25 heavy (non-hydrogen) atoms. The van der Waals surface area contributed by atoms with Crippen LogP contribution in [0.25, 0.3) is 0 Å². The Morgan fingerprint density at radius 3 is 2.32 bits per heavy atom. The van der Waals surface area contributed by atoms with Crippen molar-refractivity contribution < 1.29 is 17.9 Å². The van der Waals surface area contributed by atoms with E-state index in [4.69, 9.17) is 4.74 Å². The highest BCUT2D eigenvalue weighted by atomic mass is 32.2. The molecule has 1 heterocycles. The summed E-state index contributed by atoms with van der Waals surface area (Å²) < 4.78 is 30.7. The number of likely N-dealkylation sites (tertiary alicyclic amines) is 1. The van der Waals surface area contributed by atoms with E-state index in [-0.39, 0.29) is 11.8 Å². The molecule has 0 aromatic heterocycles. The molecule has 0 bridgehead atoms. The van der Waals surface area contributed by atoms with Crippen LogP contribution in [-0.4, -0.2) is 44.7 Å². The maximum atomic E-state index is 12.8. The first-order chi connectivity index (χ1) is 12.0. The molecule has 1 amide bonds. The summed E-state index contributed by atoms with van der Waals surface area (Å²) in [6.07, 6.45) is 7.87. The van der Waals surface area contributed by atoms with Crippen molar-refractivity contribution in [2.75, 3.05) is 20.2 Å². The summed E-state index contributed by atoms with van der Waals surface area (Å²) in [5.74, 6) is 0.894. The number of carbonyl (C=O) groups is 1. The van der Waals surface area contributed by atoms with Crippen LogP contribution in [0.2, 0.25) is 0 Å². The summed E-state index contributed by atoms with van der Waals surface area (Å²) in [7, 11) is -1.81. The minimum Gasteiger partial charge on any atom is -0.497 e. The summed E-state index contributed by atoms with van der Waals surface area (Å²) in [4.78, 5) is 14.8. The van der Waals surface area contributed by atoms with E-state index in [0.717, 1.165) is 19.3 Å². The standard InChI is InChI=1S/C19H25NO4S/c1-24-16-7-9-17(10-8-16)25(22,23)18-11-13-20(14-12-18)19(21)15-5-3-2-4-6-15/h2-3,7-10,15,18H,4-6,11-14H2,1H3. The predicted octanol–water partition coefficient (Wildman–Crippen LogP) is 2.82. The first-order valence-electron chi connectivity index (χ1n) is 8.84. The van der Waals surface area contributed by atoms with Gasteiger partial charge in [-0.3, -0.25) is 4.79 Å². The highest BCUT2D eigenvalue weighted by molar-refractivity contribution is 7.92. The molecule has 1 aliphatic carbocycles. The SMILES string of the molecule is COc1ccc(S(=O)(=O)C2CCN(C(=O)C3CC=CCC3)CC2)cc1. The van der Waals surface area contributed by atoms with Crippen molar-refractivity contribution in [3.8, 4) is 5.75 Å². The fraction of sp³-hybridized carbons (Fsp3) is 0.526. The number of benzene rings is 1. The Bertz CT molecular complexity index is 731. The van der Waals surface area contributed by atoms with Crippen molar-refractivity contribution in [1.29, 1.82) is 0 Å². The van der Waals surface area contributed by atoms with E-state index in [2.05, 4.69) is 12.2 Å². The highest BCUT2D eigenvalue weighted by Gasteiger charge is 2.34. The number of methoxy groups -OCH3 is 1. The second-order valence-corrected chi connectivity index (χ2v) is 8.95. The maximum Gasteiger partial charge on any atom is 0.226 e. The number of hydrogen-bond donors (Lipinski definition) is 0. The van der Waals surface area contributed by atoms with Crippen molar-refractivity contribution in [1.82, 2.24) is 4.90 Å². The van der Waals surface area contributed by atoms with E-state index < -0.39 is 15.1 Å². The Kier molecular flexibility index (Phi) is 5.47. The van der Waals surface area contributed by atoms with Crippen LogP contribution in [0.1, 0.15) is 32.1 Å². The number of hydrogen-bond acceptors (Lipinski definition) is 4. The highest BCUT2D eigenvalue weighted by Crippen LogP contribution is 2.28. The number of ether oxygens (including phenoxy) is 1. The van der Waals surface area contributed by atoms with Gasteiger partial charge in [0.1, 0.15) is 5.75 Å². The minimum absolute atomic E-state index is 0.0692. The molecule has 0 N–H and O–H groups in total. The lowest BCUT2D eigenvalue weighted by atomic mass is 9.92. The summed E-state index contributed by atoms with van der Waals surface area (Å²) in [6, 6.07) is 6.53. The Morgan fingerprint density at radius 1 is 1.08 bits per heavy atom. The third-order valence-corrected chi connectivity index (χ3v) is 7.48. The summed E-state index contributed by atoms with van der Waals surface area (Å²) in [5.41, 5.74) is 0. The summed E-state index contributed by atoms with van der Waals surface area (Å²) in [5, 5.41) is -0.420. The normalized spacial score (nSPS) is 22.0. The van der Waals surface area contributed by atoms with Crippen LogP contribution >= 0.6 is 0 Å². The van der Waals surface area contributed by atoms with E-state index in [0.29, 0.717) is 36.6 Å². The second-order valence-electron chi connectivity index (χ2n) is 6.73. The molecule has 1 atom stereocenters. The van der Waals surface area contributed by atoms with Gasteiger partial charge in [-0.25, -0.2) is 8.42 Å². The first kappa shape index (κ1) is 18.0. The third kappa shape index (κ3) is 3.89. The number of amides is 1. The van der Waals surface area contributed by atoms with Crippen molar-refractivity contribution in [3.63, 3.8) is 0 Å². The minimum atomic E-state index is -3.37. The van der Waals surface area contributed by atoms with E-state index in [1.165, 1.54) is 0 Å². The van der Waals surface area contributed by atoms with Gasteiger partial charge in [-0.1, -0.05) is 12.2 Å². The van der Waals surface area contributed by atoms with Crippen molar-refractivity contribution >= 4 is 15.7 Å². The Balaban J connectivity index is 1.62. The molecule has 0 saturated carbocycles. The number of allylic oxidation sites excluding steroid dienone is 2. The van der Waals surface area contributed by atoms with Gasteiger partial charge in [0.2, 0.25) is 5.91 Å². The number of rotatable bonds is 4. The van der Waals surface area contributed by atoms with Gasteiger partial charge >= 0.3 is 0 Å². The van der Waals surface area contributed by atoms with Gasteiger partial charge in [-0.05, 0) is 56.4 Å². The molecular weight excluding hydrogens is 338 g/mol. The molecule has 1 unspecified atom stereocenters. The number of carbonyl (C=O) groups excluding carboxylic acids is 1. The monoisotopic (exact) mass is 363 g/mol. The zero-order valence-electron chi connectivity index (χ0n) is 14.6. The van der Waals surface area contributed by atoms with Crippen LogP contribution in [0.5, 0.6) is 5.75 Å². The number of sulfone groups is 1. The number of piperidine rings is 1. The van der Waals surface area contributed by atoms with E-state index in [9.17, 15) is 13.2 Å². The Labute approximate surface area is 149 Å².